The Balaban J connectivity index is 1.22. The average molecular weight is 639 g/mol. The van der Waals surface area contributed by atoms with E-state index in [1.807, 2.05) is 0 Å². The molecule has 0 atom stereocenters. The van der Waals surface area contributed by atoms with Crippen molar-refractivity contribution in [3.63, 3.8) is 0 Å². The molecule has 10 nitrogen and oxygen atoms in total. The van der Waals surface area contributed by atoms with Crippen molar-refractivity contribution in [3.05, 3.63) is 47.1 Å². The molecule has 0 unspecified atom stereocenters. The number of benzene rings is 1. The summed E-state index contributed by atoms with van der Waals surface area (Å²) in [7, 11) is -3.79. The molecule has 3 N–H and O–H groups in total. The van der Waals surface area contributed by atoms with Gasteiger partial charge >= 0.3 is 0 Å². The van der Waals surface area contributed by atoms with Gasteiger partial charge in [-0.15, -0.1) is 0 Å². The molecule has 1 aromatic carbocycles. The van der Waals surface area contributed by atoms with E-state index in [1.54, 1.807) is 21.9 Å². The van der Waals surface area contributed by atoms with Gasteiger partial charge in [0.25, 0.3) is 5.92 Å². The second-order valence-corrected chi connectivity index (χ2v) is 13.6. The van der Waals surface area contributed by atoms with E-state index in [9.17, 15) is 18.0 Å². The number of halogens is 3. The number of aromatic nitrogens is 1. The molecule has 1 aliphatic carbocycles. The summed E-state index contributed by atoms with van der Waals surface area (Å²) in [6.45, 7) is 2.10. The minimum Gasteiger partial charge on any atom is -0.355 e. The van der Waals surface area contributed by atoms with Gasteiger partial charge in [-0.2, -0.15) is 4.31 Å². The lowest BCUT2D eigenvalue weighted by Crippen LogP contribution is -2.49. The smallest absolute Gasteiger partial charge is 0.276 e. The van der Waals surface area contributed by atoms with Crippen LogP contribution in [0.15, 0.2) is 41.3 Å². The third kappa shape index (κ3) is 6.79. The van der Waals surface area contributed by atoms with E-state index >= 15 is 8.78 Å². The Hall–Kier alpha value is -2.87. The fourth-order valence-electron chi connectivity index (χ4n) is 6.16. The van der Waals surface area contributed by atoms with Crippen molar-refractivity contribution in [3.8, 4) is 0 Å². The summed E-state index contributed by atoms with van der Waals surface area (Å²) >= 11 is 6.21. The number of carbonyl (C=O) groups is 2. The van der Waals surface area contributed by atoms with Crippen LogP contribution in [0.4, 0.5) is 20.3 Å². The molecule has 0 radical (unpaired) electrons. The lowest BCUT2D eigenvalue weighted by Gasteiger charge is -2.36. The van der Waals surface area contributed by atoms with Crippen LogP contribution in [0.3, 0.4) is 0 Å². The summed E-state index contributed by atoms with van der Waals surface area (Å²) in [4.78, 5) is 32.1. The number of nitrogens with one attached hydrogen (secondary N) is 1. The van der Waals surface area contributed by atoms with Crippen LogP contribution in [0.5, 0.6) is 0 Å². The van der Waals surface area contributed by atoms with Crippen molar-refractivity contribution >= 4 is 44.9 Å². The van der Waals surface area contributed by atoms with E-state index in [1.165, 1.54) is 28.6 Å². The first-order valence-electron chi connectivity index (χ1n) is 14.7. The fraction of sp³-hybridized carbons (Fsp3) is 0.552. The van der Waals surface area contributed by atoms with E-state index in [0.29, 0.717) is 44.6 Å². The Morgan fingerprint density at radius 2 is 1.72 bits per heavy atom. The molecule has 3 heterocycles. The van der Waals surface area contributed by atoms with Gasteiger partial charge < -0.3 is 20.9 Å². The van der Waals surface area contributed by atoms with Crippen LogP contribution >= 0.6 is 11.6 Å². The third-order valence-corrected chi connectivity index (χ3v) is 10.7. The van der Waals surface area contributed by atoms with Gasteiger partial charge in [-0.1, -0.05) is 11.6 Å². The Labute approximate surface area is 255 Å². The SMILES string of the molecule is NCCNC(=O)[C@H]1CC[C@H](C(F)(F)c2cc(Cl)nc(N3CCN(S(=O)(=O)c4ccc(N5CCCC5=O)cc4)CC3)c2)CC1. The number of hydrogen-bond donors (Lipinski definition) is 2. The molecule has 3 aliphatic rings. The summed E-state index contributed by atoms with van der Waals surface area (Å²) in [5.41, 5.74) is 5.87. The Bertz CT molecular complexity index is 1430. The zero-order valence-corrected chi connectivity index (χ0v) is 25.4. The Morgan fingerprint density at radius 3 is 2.33 bits per heavy atom. The van der Waals surface area contributed by atoms with E-state index in [2.05, 4.69) is 10.3 Å². The molecular weight excluding hydrogens is 602 g/mol. The maximum Gasteiger partial charge on any atom is 0.276 e. The van der Waals surface area contributed by atoms with Crippen molar-refractivity contribution in [1.82, 2.24) is 14.6 Å². The van der Waals surface area contributed by atoms with E-state index in [-0.39, 0.29) is 78.2 Å². The molecule has 1 saturated carbocycles. The molecule has 14 heteroatoms. The van der Waals surface area contributed by atoms with Crippen LogP contribution in [-0.4, -0.2) is 75.3 Å². The molecule has 2 saturated heterocycles. The van der Waals surface area contributed by atoms with E-state index in [0.717, 1.165) is 6.42 Å². The number of sulfonamides is 1. The Morgan fingerprint density at radius 1 is 1.05 bits per heavy atom. The lowest BCUT2D eigenvalue weighted by molar-refractivity contribution is -0.129. The summed E-state index contributed by atoms with van der Waals surface area (Å²) < 4.78 is 59.4. The van der Waals surface area contributed by atoms with Gasteiger partial charge in [-0.25, -0.2) is 22.2 Å². The maximum atomic E-state index is 15.7. The highest BCUT2D eigenvalue weighted by Gasteiger charge is 2.44. The zero-order chi connectivity index (χ0) is 30.8. The number of piperazine rings is 1. The summed E-state index contributed by atoms with van der Waals surface area (Å²) in [5.74, 6) is -4.24. The number of rotatable bonds is 9. The second-order valence-electron chi connectivity index (χ2n) is 11.3. The molecule has 1 aromatic heterocycles. The molecule has 3 fully saturated rings. The van der Waals surface area contributed by atoms with Crippen LogP contribution in [0.2, 0.25) is 5.15 Å². The van der Waals surface area contributed by atoms with Gasteiger partial charge in [0.2, 0.25) is 21.8 Å². The standard InChI is InChI=1S/C29H37ClF2N6O4S/c30-25-18-22(29(31,32)21-5-3-20(4-6-21)28(40)34-12-11-33)19-26(35-25)36-14-16-37(17-15-36)43(41,42)24-9-7-23(8-10-24)38-13-1-2-27(38)39/h7-10,18-21H,1-6,11-17,33H2,(H,34,40)/t20-,21-. The van der Waals surface area contributed by atoms with Gasteiger partial charge in [0.15, 0.2) is 0 Å². The Kier molecular flexibility index (Phi) is 9.55. The topological polar surface area (TPSA) is 129 Å². The predicted molar refractivity (Wildman–Crippen MR) is 160 cm³/mol. The van der Waals surface area contributed by atoms with Gasteiger partial charge in [-0.05, 0) is 68.5 Å². The lowest BCUT2D eigenvalue weighted by atomic mass is 9.77. The van der Waals surface area contributed by atoms with Crippen LogP contribution in [0, 0.1) is 11.8 Å². The number of nitrogens with two attached hydrogens (primary N) is 1. The molecule has 5 rings (SSSR count). The number of pyridine rings is 1. The largest absolute Gasteiger partial charge is 0.355 e. The monoisotopic (exact) mass is 638 g/mol. The molecular formula is C29H37ClF2N6O4S. The van der Waals surface area contributed by atoms with Crippen LogP contribution in [0.1, 0.15) is 44.1 Å². The van der Waals surface area contributed by atoms with Crippen molar-refractivity contribution in [2.75, 3.05) is 55.6 Å². The van der Waals surface area contributed by atoms with Crippen molar-refractivity contribution < 1.29 is 26.8 Å². The summed E-state index contributed by atoms with van der Waals surface area (Å²) in [5, 5.41) is 2.68. The van der Waals surface area contributed by atoms with Gasteiger partial charge in [0.1, 0.15) is 11.0 Å². The predicted octanol–water partition coefficient (Wildman–Crippen LogP) is 3.35. The number of carbonyl (C=O) groups excluding carboxylic acids is 2. The van der Waals surface area contributed by atoms with E-state index in [4.69, 9.17) is 17.3 Å². The second kappa shape index (κ2) is 13.0. The summed E-state index contributed by atoms with van der Waals surface area (Å²) in [6, 6.07) is 8.84. The molecule has 2 amide bonds. The molecule has 2 aromatic rings. The molecule has 43 heavy (non-hydrogen) atoms. The highest BCUT2D eigenvalue weighted by atomic mass is 35.5. The first kappa shape index (κ1) is 31.6. The quantitative estimate of drug-likeness (QED) is 0.403. The fourth-order valence-corrected chi connectivity index (χ4v) is 7.78. The number of amides is 2. The first-order valence-corrected chi connectivity index (χ1v) is 16.5. The highest BCUT2D eigenvalue weighted by Crippen LogP contribution is 2.46. The number of anilines is 2. The van der Waals surface area contributed by atoms with Gasteiger partial charge in [-0.3, -0.25) is 9.59 Å². The van der Waals surface area contributed by atoms with Crippen molar-refractivity contribution in [1.29, 1.82) is 0 Å². The number of alkyl halides is 2. The van der Waals surface area contributed by atoms with Crippen LogP contribution < -0.4 is 20.9 Å². The van der Waals surface area contributed by atoms with E-state index < -0.39 is 21.9 Å². The molecule has 234 valence electrons. The van der Waals surface area contributed by atoms with Crippen LogP contribution in [-0.2, 0) is 25.5 Å². The molecule has 0 bridgehead atoms. The van der Waals surface area contributed by atoms with Gasteiger partial charge in [0, 0.05) is 75.3 Å². The minimum atomic E-state index is -3.79. The molecule has 0 spiro atoms. The number of hydrogen-bond acceptors (Lipinski definition) is 7. The zero-order valence-electron chi connectivity index (χ0n) is 23.9. The van der Waals surface area contributed by atoms with Crippen LogP contribution in [0.25, 0.3) is 0 Å². The average Bonchev–Trinajstić information content (AvgIpc) is 3.45. The minimum absolute atomic E-state index is 0.0257. The summed E-state index contributed by atoms with van der Waals surface area (Å²) in [6.07, 6.45) is 2.42. The van der Waals surface area contributed by atoms with Crippen molar-refractivity contribution in [2.24, 2.45) is 17.6 Å². The maximum absolute atomic E-state index is 15.7. The van der Waals surface area contributed by atoms with Gasteiger partial charge in [0.05, 0.1) is 4.90 Å². The molecule has 2 aliphatic heterocycles. The number of nitrogens with zero attached hydrogens (tertiary/aromatic N) is 4. The third-order valence-electron chi connectivity index (χ3n) is 8.64. The normalized spacial score (nSPS) is 22.2. The van der Waals surface area contributed by atoms with Crippen molar-refractivity contribution in [2.45, 2.75) is 49.3 Å². The first-order chi connectivity index (χ1) is 20.5. The highest BCUT2D eigenvalue weighted by molar-refractivity contribution is 7.89.